The van der Waals surface area contributed by atoms with E-state index in [1.807, 2.05) is 6.92 Å². The van der Waals surface area contributed by atoms with Crippen molar-refractivity contribution in [2.45, 2.75) is 33.1 Å². The number of aromatic nitrogens is 1. The van der Waals surface area contributed by atoms with E-state index in [9.17, 15) is 9.90 Å². The second kappa shape index (κ2) is 5.38. The van der Waals surface area contributed by atoms with Gasteiger partial charge in [-0.25, -0.2) is 9.78 Å². The van der Waals surface area contributed by atoms with Gasteiger partial charge in [0.2, 0.25) is 0 Å². The number of pyridine rings is 1. The topological polar surface area (TPSA) is 53.4 Å². The van der Waals surface area contributed by atoms with Gasteiger partial charge in [-0.3, -0.25) is 0 Å². The molecule has 1 aliphatic carbocycles. The molecule has 0 bridgehead atoms. The monoisotopic (exact) mass is 248 g/mol. The van der Waals surface area contributed by atoms with E-state index in [-0.39, 0.29) is 0 Å². The van der Waals surface area contributed by atoms with Crippen molar-refractivity contribution in [1.82, 2.24) is 4.98 Å². The first kappa shape index (κ1) is 12.9. The number of carbonyl (C=O) groups is 1. The quantitative estimate of drug-likeness (QED) is 0.841. The number of aryl methyl sites for hydroxylation is 1. The van der Waals surface area contributed by atoms with E-state index in [0.29, 0.717) is 11.4 Å². The zero-order valence-electron chi connectivity index (χ0n) is 11.0. The smallest absolute Gasteiger partial charge is 0.339 e. The number of carboxylic acid groups (broad SMARTS) is 1. The van der Waals surface area contributed by atoms with Crippen LogP contribution in [0.1, 0.15) is 42.1 Å². The van der Waals surface area contributed by atoms with Crippen LogP contribution in [0.5, 0.6) is 0 Å². The van der Waals surface area contributed by atoms with Crippen LogP contribution in [0.4, 0.5) is 5.82 Å². The minimum absolute atomic E-state index is 0.353. The number of aromatic carboxylic acids is 1. The van der Waals surface area contributed by atoms with E-state index in [1.54, 1.807) is 12.3 Å². The molecule has 0 saturated heterocycles. The molecule has 98 valence electrons. The molecule has 0 unspecified atom stereocenters. The van der Waals surface area contributed by atoms with Crippen LogP contribution in [0.15, 0.2) is 12.3 Å². The third-order valence-corrected chi connectivity index (χ3v) is 3.32. The Morgan fingerprint density at radius 3 is 2.83 bits per heavy atom. The third-order valence-electron chi connectivity index (χ3n) is 3.32. The first-order valence-corrected chi connectivity index (χ1v) is 6.57. The van der Waals surface area contributed by atoms with Gasteiger partial charge in [-0.05, 0) is 43.7 Å². The highest BCUT2D eigenvalue weighted by Gasteiger charge is 2.27. The minimum Gasteiger partial charge on any atom is -0.478 e. The fourth-order valence-corrected chi connectivity index (χ4v) is 2.21. The zero-order valence-corrected chi connectivity index (χ0v) is 11.0. The number of carboxylic acids is 1. The molecule has 0 aliphatic heterocycles. The Hall–Kier alpha value is -1.58. The molecule has 4 nitrogen and oxygen atoms in total. The largest absolute Gasteiger partial charge is 0.478 e. The van der Waals surface area contributed by atoms with E-state index >= 15 is 0 Å². The lowest BCUT2D eigenvalue weighted by Gasteiger charge is -2.25. The summed E-state index contributed by atoms with van der Waals surface area (Å²) in [5.74, 6) is 0.476. The number of anilines is 1. The lowest BCUT2D eigenvalue weighted by atomic mass is 10.1. The van der Waals surface area contributed by atoms with E-state index in [0.717, 1.165) is 31.0 Å². The maximum absolute atomic E-state index is 11.4. The van der Waals surface area contributed by atoms with Crippen LogP contribution in [0.3, 0.4) is 0 Å². The van der Waals surface area contributed by atoms with Gasteiger partial charge in [-0.1, -0.05) is 6.92 Å². The summed E-state index contributed by atoms with van der Waals surface area (Å²) in [4.78, 5) is 17.8. The van der Waals surface area contributed by atoms with Crippen LogP contribution in [0.25, 0.3) is 0 Å². The lowest BCUT2D eigenvalue weighted by Crippen LogP contribution is -2.29. The summed E-state index contributed by atoms with van der Waals surface area (Å²) in [6.07, 6.45) is 5.22. The molecule has 1 aromatic rings. The highest BCUT2D eigenvalue weighted by atomic mass is 16.4. The highest BCUT2D eigenvalue weighted by Crippen LogP contribution is 2.32. The fourth-order valence-electron chi connectivity index (χ4n) is 2.21. The molecule has 1 N–H and O–H groups in total. The first-order valence-electron chi connectivity index (χ1n) is 6.57. The van der Waals surface area contributed by atoms with Crippen LogP contribution in [-0.4, -0.2) is 29.1 Å². The van der Waals surface area contributed by atoms with Crippen LogP contribution in [-0.2, 0) is 0 Å². The molecule has 1 heterocycles. The summed E-state index contributed by atoms with van der Waals surface area (Å²) in [7, 11) is 0. The van der Waals surface area contributed by atoms with Crippen LogP contribution < -0.4 is 4.90 Å². The Morgan fingerprint density at radius 2 is 2.28 bits per heavy atom. The van der Waals surface area contributed by atoms with Crippen molar-refractivity contribution in [1.29, 1.82) is 0 Å². The number of nitrogens with zero attached hydrogens (tertiary/aromatic N) is 2. The minimum atomic E-state index is -0.882. The summed E-state index contributed by atoms with van der Waals surface area (Å²) in [5.41, 5.74) is 1.14. The predicted octanol–water partition coefficient (Wildman–Crippen LogP) is 2.71. The van der Waals surface area contributed by atoms with Gasteiger partial charge in [-0.15, -0.1) is 0 Å². The number of rotatable bonds is 6. The number of hydrogen-bond acceptors (Lipinski definition) is 3. The molecular formula is C14H20N2O2. The van der Waals surface area contributed by atoms with Crippen molar-refractivity contribution in [3.63, 3.8) is 0 Å². The maximum Gasteiger partial charge on any atom is 0.339 e. The average molecular weight is 248 g/mol. The molecule has 1 fully saturated rings. The van der Waals surface area contributed by atoms with E-state index < -0.39 is 5.97 Å². The van der Waals surface area contributed by atoms with Crippen molar-refractivity contribution in [2.24, 2.45) is 5.92 Å². The Labute approximate surface area is 108 Å². The van der Waals surface area contributed by atoms with Crippen molar-refractivity contribution in [3.05, 3.63) is 23.4 Å². The van der Waals surface area contributed by atoms with Crippen molar-refractivity contribution < 1.29 is 9.90 Å². The van der Waals surface area contributed by atoms with Gasteiger partial charge < -0.3 is 10.0 Å². The molecule has 0 aromatic carbocycles. The van der Waals surface area contributed by atoms with Crippen molar-refractivity contribution >= 4 is 11.8 Å². The van der Waals surface area contributed by atoms with Gasteiger partial charge in [0.05, 0.1) is 0 Å². The van der Waals surface area contributed by atoms with E-state index in [4.69, 9.17) is 0 Å². The van der Waals surface area contributed by atoms with Crippen LogP contribution in [0.2, 0.25) is 0 Å². The van der Waals surface area contributed by atoms with Crippen molar-refractivity contribution in [3.8, 4) is 0 Å². The predicted molar refractivity (Wildman–Crippen MR) is 71.2 cm³/mol. The summed E-state index contributed by atoms with van der Waals surface area (Å²) in [6, 6.07) is 1.76. The van der Waals surface area contributed by atoms with Gasteiger partial charge in [0.15, 0.2) is 0 Å². The normalized spacial score (nSPS) is 14.6. The molecular weight excluding hydrogens is 228 g/mol. The molecule has 0 amide bonds. The summed E-state index contributed by atoms with van der Waals surface area (Å²) >= 11 is 0. The molecule has 2 rings (SSSR count). The standard InChI is InChI=1S/C14H20N2O2/c1-3-8-16(9-11-4-5-11)13-12(14(17)18)10(2)6-7-15-13/h6-7,11H,3-5,8-9H2,1-2H3,(H,17,18). The Balaban J connectivity index is 2.32. The maximum atomic E-state index is 11.4. The number of hydrogen-bond donors (Lipinski definition) is 1. The molecule has 1 aliphatic rings. The van der Waals surface area contributed by atoms with Gasteiger partial charge in [0.25, 0.3) is 0 Å². The Bertz CT molecular complexity index is 441. The van der Waals surface area contributed by atoms with Gasteiger partial charge >= 0.3 is 5.97 Å². The van der Waals surface area contributed by atoms with Crippen molar-refractivity contribution in [2.75, 3.05) is 18.0 Å². The third kappa shape index (κ3) is 2.81. The fraction of sp³-hybridized carbons (Fsp3) is 0.571. The van der Waals surface area contributed by atoms with Gasteiger partial charge in [0, 0.05) is 19.3 Å². The molecule has 18 heavy (non-hydrogen) atoms. The molecule has 1 aromatic heterocycles. The zero-order chi connectivity index (χ0) is 13.1. The van der Waals surface area contributed by atoms with Gasteiger partial charge in [-0.2, -0.15) is 0 Å². The average Bonchev–Trinajstić information content (AvgIpc) is 3.11. The molecule has 4 heteroatoms. The van der Waals surface area contributed by atoms with Crippen LogP contribution >= 0.6 is 0 Å². The van der Waals surface area contributed by atoms with Gasteiger partial charge in [0.1, 0.15) is 11.4 Å². The second-order valence-corrected chi connectivity index (χ2v) is 5.02. The van der Waals surface area contributed by atoms with E-state index in [1.165, 1.54) is 12.8 Å². The highest BCUT2D eigenvalue weighted by molar-refractivity contribution is 5.94. The Kier molecular flexibility index (Phi) is 3.84. The summed E-state index contributed by atoms with van der Waals surface area (Å²) < 4.78 is 0. The summed E-state index contributed by atoms with van der Waals surface area (Å²) in [5, 5.41) is 9.35. The molecule has 1 saturated carbocycles. The Morgan fingerprint density at radius 1 is 1.56 bits per heavy atom. The van der Waals surface area contributed by atoms with E-state index in [2.05, 4.69) is 16.8 Å². The second-order valence-electron chi connectivity index (χ2n) is 5.02. The SMILES string of the molecule is CCCN(CC1CC1)c1nccc(C)c1C(=O)O. The first-order chi connectivity index (χ1) is 8.63. The molecule has 0 radical (unpaired) electrons. The summed E-state index contributed by atoms with van der Waals surface area (Å²) in [6.45, 7) is 5.74. The molecule has 0 atom stereocenters. The van der Waals surface area contributed by atoms with Crippen LogP contribution in [0, 0.1) is 12.8 Å². The lowest BCUT2D eigenvalue weighted by molar-refractivity contribution is 0.0696. The molecule has 0 spiro atoms.